The number of hydrogen-bond donors (Lipinski definition) is 0. The monoisotopic (exact) mass is 518 g/mol. The summed E-state index contributed by atoms with van der Waals surface area (Å²) in [4.78, 5) is 27.5. The van der Waals surface area contributed by atoms with Crippen molar-refractivity contribution in [1.82, 2.24) is 3.97 Å². The van der Waals surface area contributed by atoms with Gasteiger partial charge in [0.05, 0.1) is 14.6 Å². The molecule has 0 aliphatic heterocycles. The molecule has 1 aromatic heterocycles. The molecule has 0 aliphatic rings. The Balaban J connectivity index is 1.92. The summed E-state index contributed by atoms with van der Waals surface area (Å²) in [6.45, 7) is -0.221. The van der Waals surface area contributed by atoms with Crippen molar-refractivity contribution >= 4 is 38.1 Å². The molecule has 32 heavy (non-hydrogen) atoms. The van der Waals surface area contributed by atoms with Gasteiger partial charge in [0.2, 0.25) is 0 Å². The molecule has 0 aliphatic carbocycles. The second-order valence-electron chi connectivity index (χ2n) is 6.27. The first-order valence-electron chi connectivity index (χ1n) is 8.98. The average molecular weight is 519 g/mol. The molecule has 1 heterocycles. The lowest BCUT2D eigenvalue weighted by Crippen LogP contribution is -2.17. The van der Waals surface area contributed by atoms with Crippen molar-refractivity contribution in [2.75, 3.05) is 0 Å². The summed E-state index contributed by atoms with van der Waals surface area (Å²) in [6.07, 6.45) is 0.834. The largest absolute Gasteiger partial charge is 0.457 e. The lowest BCUT2D eigenvalue weighted by atomic mass is 10.2. The van der Waals surface area contributed by atoms with Gasteiger partial charge in [-0.2, -0.15) is 8.42 Å². The minimum atomic E-state index is -4.68. The first-order chi connectivity index (χ1) is 15.3. The molecule has 3 aromatic rings. The maximum atomic E-state index is 12.7. The summed E-state index contributed by atoms with van der Waals surface area (Å²) in [5, 5.41) is 0. The Morgan fingerprint density at radius 3 is 1.94 bits per heavy atom. The lowest BCUT2D eigenvalue weighted by Gasteiger charge is -2.08. The van der Waals surface area contributed by atoms with Crippen molar-refractivity contribution < 1.29 is 27.5 Å². The van der Waals surface area contributed by atoms with Gasteiger partial charge in [0.1, 0.15) is 13.2 Å². The van der Waals surface area contributed by atoms with Gasteiger partial charge in [-0.05, 0) is 32.6 Å². The molecule has 2 aromatic carbocycles. The number of ether oxygens (including phenoxy) is 2. The highest BCUT2D eigenvalue weighted by Gasteiger charge is 2.31. The quantitative estimate of drug-likeness (QED) is 0.187. The van der Waals surface area contributed by atoms with E-state index in [4.69, 9.17) is 15.0 Å². The number of carbonyl (C=O) groups is 2. The Morgan fingerprint density at radius 2 is 1.44 bits per heavy atom. The van der Waals surface area contributed by atoms with Crippen LogP contribution < -0.4 is 0 Å². The molecular weight excluding hydrogens is 504 g/mol. The number of nitrogens with zero attached hydrogens (tertiary/aromatic N) is 4. The van der Waals surface area contributed by atoms with Crippen LogP contribution in [0.25, 0.3) is 10.4 Å². The predicted octanol–water partition coefficient (Wildman–Crippen LogP) is 4.37. The fourth-order valence-electron chi connectivity index (χ4n) is 2.64. The van der Waals surface area contributed by atoms with Crippen molar-refractivity contribution in [3.8, 4) is 0 Å². The molecule has 0 amide bonds. The number of halogens is 1. The zero-order chi connectivity index (χ0) is 23.1. The van der Waals surface area contributed by atoms with Gasteiger partial charge in [-0.25, -0.2) is 13.6 Å². The third-order valence-corrected chi connectivity index (χ3v) is 6.01. The summed E-state index contributed by atoms with van der Waals surface area (Å²) in [5.41, 5.74) is 9.16. The van der Waals surface area contributed by atoms with Crippen molar-refractivity contribution in [1.29, 1.82) is 0 Å². The molecule has 0 spiro atoms. The summed E-state index contributed by atoms with van der Waals surface area (Å²) >= 11 is 3.08. The Hall–Kier alpha value is -3.60. The fourth-order valence-corrected chi connectivity index (χ4v) is 4.19. The fraction of sp³-hybridized carbons (Fsp3) is 0.100. The number of carbonyl (C=O) groups excluding carboxylic acids is 2. The van der Waals surface area contributed by atoms with E-state index in [0.29, 0.717) is 15.1 Å². The Bertz CT molecular complexity index is 1290. The van der Waals surface area contributed by atoms with Crippen LogP contribution in [0.4, 0.5) is 0 Å². The molecule has 0 saturated heterocycles. The number of benzene rings is 2. The molecular formula is C20H15BrN4O6S. The highest BCUT2D eigenvalue weighted by Crippen LogP contribution is 2.28. The Kier molecular flexibility index (Phi) is 7.31. The zero-order valence-corrected chi connectivity index (χ0v) is 18.7. The zero-order valence-electron chi connectivity index (χ0n) is 16.3. The van der Waals surface area contributed by atoms with E-state index in [9.17, 15) is 18.0 Å². The second-order valence-corrected chi connectivity index (χ2v) is 8.52. The van der Waals surface area contributed by atoms with Crippen LogP contribution in [-0.4, -0.2) is 24.3 Å². The predicted molar refractivity (Wildman–Crippen MR) is 117 cm³/mol. The summed E-state index contributed by atoms with van der Waals surface area (Å²) in [7, 11) is -4.68. The number of aromatic nitrogens is 1. The standard InChI is InChI=1S/C20H15BrN4O6S/c21-17-16(19(26)30-12-14-7-3-1-4-8-14)11-25(32(28,29)24-23-22)18(17)20(27)31-13-15-9-5-2-6-10-15/h1-11H,12-13H2. The molecule has 12 heteroatoms. The van der Waals surface area contributed by atoms with Gasteiger partial charge in [0.25, 0.3) is 0 Å². The van der Waals surface area contributed by atoms with Crippen LogP contribution in [0.2, 0.25) is 0 Å². The van der Waals surface area contributed by atoms with Gasteiger partial charge >= 0.3 is 22.1 Å². The first kappa shape index (κ1) is 23.1. The second kappa shape index (κ2) is 10.1. The van der Waals surface area contributed by atoms with E-state index in [2.05, 4.69) is 25.4 Å². The van der Waals surface area contributed by atoms with Gasteiger partial charge < -0.3 is 9.47 Å². The van der Waals surface area contributed by atoms with E-state index in [1.807, 2.05) is 0 Å². The van der Waals surface area contributed by atoms with Gasteiger partial charge in [-0.3, -0.25) is 0 Å². The van der Waals surface area contributed by atoms with E-state index in [0.717, 1.165) is 6.20 Å². The molecule has 0 N–H and O–H groups in total. The van der Waals surface area contributed by atoms with Crippen LogP contribution in [0.15, 0.2) is 75.9 Å². The molecule has 0 unspecified atom stereocenters. The molecule has 164 valence electrons. The molecule has 0 saturated carbocycles. The third-order valence-electron chi connectivity index (χ3n) is 4.14. The molecule has 0 radical (unpaired) electrons. The highest BCUT2D eigenvalue weighted by molar-refractivity contribution is 9.10. The third kappa shape index (κ3) is 5.35. The van der Waals surface area contributed by atoms with Gasteiger partial charge in [-0.15, -0.1) is 0 Å². The van der Waals surface area contributed by atoms with Crippen LogP contribution in [0.5, 0.6) is 0 Å². The Labute approximate surface area is 191 Å². The van der Waals surface area contributed by atoms with E-state index < -0.39 is 27.8 Å². The smallest absolute Gasteiger partial charge is 0.357 e. The first-order valence-corrected chi connectivity index (χ1v) is 11.2. The average Bonchev–Trinajstić information content (AvgIpc) is 3.15. The summed E-state index contributed by atoms with van der Waals surface area (Å²) in [6, 6.07) is 17.5. The number of azide groups is 1. The maximum Gasteiger partial charge on any atom is 0.357 e. The van der Waals surface area contributed by atoms with Crippen molar-refractivity contribution in [3.05, 3.63) is 104 Å². The van der Waals surface area contributed by atoms with Gasteiger partial charge in [0, 0.05) is 11.1 Å². The number of esters is 2. The molecule has 0 fully saturated rings. The number of rotatable bonds is 8. The molecule has 3 rings (SSSR count). The van der Waals surface area contributed by atoms with Crippen molar-refractivity contribution in [2.24, 2.45) is 4.52 Å². The van der Waals surface area contributed by atoms with E-state index in [1.165, 1.54) is 0 Å². The minimum Gasteiger partial charge on any atom is -0.457 e. The van der Waals surface area contributed by atoms with Crippen LogP contribution in [-0.2, 0) is 32.9 Å². The lowest BCUT2D eigenvalue weighted by molar-refractivity contribution is 0.0463. The molecule has 0 bridgehead atoms. The highest BCUT2D eigenvalue weighted by atomic mass is 79.9. The van der Waals surface area contributed by atoms with Crippen LogP contribution in [0.3, 0.4) is 0 Å². The maximum absolute atomic E-state index is 12.7. The van der Waals surface area contributed by atoms with E-state index in [-0.39, 0.29) is 23.2 Å². The van der Waals surface area contributed by atoms with E-state index >= 15 is 0 Å². The SMILES string of the molecule is [N-]=[N+]=NS(=O)(=O)n1cc(C(=O)OCc2ccccc2)c(Br)c1C(=O)OCc1ccccc1. The van der Waals surface area contributed by atoms with E-state index in [1.54, 1.807) is 60.7 Å². The van der Waals surface area contributed by atoms with Gasteiger partial charge in [0.15, 0.2) is 5.69 Å². The topological polar surface area (TPSA) is 140 Å². The Morgan fingerprint density at radius 1 is 0.938 bits per heavy atom. The van der Waals surface area contributed by atoms with Crippen LogP contribution in [0.1, 0.15) is 32.0 Å². The summed E-state index contributed by atoms with van der Waals surface area (Å²) in [5.74, 6) is -1.95. The van der Waals surface area contributed by atoms with Gasteiger partial charge in [-0.1, -0.05) is 60.7 Å². The van der Waals surface area contributed by atoms with Crippen LogP contribution in [0, 0.1) is 0 Å². The molecule has 0 atom stereocenters. The van der Waals surface area contributed by atoms with Crippen LogP contribution >= 0.6 is 15.9 Å². The number of hydrogen-bond acceptors (Lipinski definition) is 6. The molecule has 10 nitrogen and oxygen atoms in total. The van der Waals surface area contributed by atoms with Crippen molar-refractivity contribution in [3.63, 3.8) is 0 Å². The van der Waals surface area contributed by atoms with Crippen molar-refractivity contribution in [2.45, 2.75) is 13.2 Å². The normalized spacial score (nSPS) is 10.8. The minimum absolute atomic E-state index is 0.0752. The summed E-state index contributed by atoms with van der Waals surface area (Å²) < 4.78 is 38.1.